The monoisotopic (exact) mass is 306 g/mol. The Morgan fingerprint density at radius 2 is 2.21 bits per heavy atom. The lowest BCUT2D eigenvalue weighted by molar-refractivity contribution is -0.122. The van der Waals surface area contributed by atoms with Crippen molar-refractivity contribution in [2.45, 2.75) is 12.3 Å². The first-order valence-electron chi connectivity index (χ1n) is 6.01. The van der Waals surface area contributed by atoms with Crippen molar-refractivity contribution in [2.24, 2.45) is 5.92 Å². The summed E-state index contributed by atoms with van der Waals surface area (Å²) >= 11 is 5.98. The van der Waals surface area contributed by atoms with Crippen LogP contribution in [0, 0.1) is 11.7 Å². The minimum atomic E-state index is -0.321. The van der Waals surface area contributed by atoms with Gasteiger partial charge in [0.15, 0.2) is 0 Å². The molecule has 2 N–H and O–H groups in total. The van der Waals surface area contributed by atoms with Crippen LogP contribution >= 0.6 is 24.0 Å². The van der Waals surface area contributed by atoms with Gasteiger partial charge in [0, 0.05) is 35.5 Å². The van der Waals surface area contributed by atoms with Gasteiger partial charge in [0.25, 0.3) is 0 Å². The average Bonchev–Trinajstić information content (AvgIpc) is 3.09. The molecule has 2 rings (SSSR count). The molecule has 0 bridgehead atoms. The highest BCUT2D eigenvalue weighted by Crippen LogP contribution is 2.50. The molecule has 1 aromatic rings. The predicted octanol–water partition coefficient (Wildman–Crippen LogP) is 2.34. The zero-order valence-corrected chi connectivity index (χ0v) is 12.2. The van der Waals surface area contributed by atoms with E-state index in [0.29, 0.717) is 23.6 Å². The molecule has 0 saturated heterocycles. The first kappa shape index (κ1) is 16.2. The van der Waals surface area contributed by atoms with Crippen molar-refractivity contribution in [1.82, 2.24) is 10.6 Å². The Morgan fingerprint density at radius 3 is 2.84 bits per heavy atom. The van der Waals surface area contributed by atoms with Gasteiger partial charge in [0.1, 0.15) is 5.82 Å². The van der Waals surface area contributed by atoms with Crippen molar-refractivity contribution in [3.05, 3.63) is 34.6 Å². The second kappa shape index (κ2) is 7.08. The summed E-state index contributed by atoms with van der Waals surface area (Å²) in [4.78, 5) is 11.8. The van der Waals surface area contributed by atoms with E-state index in [1.807, 2.05) is 7.05 Å². The molecular formula is C13H17Cl2FN2O. The topological polar surface area (TPSA) is 41.1 Å². The van der Waals surface area contributed by atoms with Gasteiger partial charge in [-0.05, 0) is 25.6 Å². The molecule has 0 aliphatic heterocycles. The molecule has 106 valence electrons. The number of rotatable bonds is 5. The molecule has 1 amide bonds. The Labute approximate surface area is 123 Å². The Bertz CT molecular complexity index is 436. The molecule has 1 saturated carbocycles. The molecule has 2 atom stereocenters. The predicted molar refractivity (Wildman–Crippen MR) is 76.4 cm³/mol. The molecule has 0 heterocycles. The number of halogens is 3. The molecule has 6 heteroatoms. The van der Waals surface area contributed by atoms with Gasteiger partial charge >= 0.3 is 0 Å². The fourth-order valence-corrected chi connectivity index (χ4v) is 2.41. The van der Waals surface area contributed by atoms with Gasteiger partial charge in [-0.3, -0.25) is 4.79 Å². The fraction of sp³-hybridized carbons (Fsp3) is 0.462. The lowest BCUT2D eigenvalue weighted by Crippen LogP contribution is -2.31. The van der Waals surface area contributed by atoms with Crippen LogP contribution < -0.4 is 10.6 Å². The van der Waals surface area contributed by atoms with Crippen molar-refractivity contribution in [2.75, 3.05) is 20.1 Å². The maximum atomic E-state index is 13.7. The summed E-state index contributed by atoms with van der Waals surface area (Å²) in [5.41, 5.74) is 0.480. The van der Waals surface area contributed by atoms with Crippen LogP contribution in [0.3, 0.4) is 0 Å². The van der Waals surface area contributed by atoms with Gasteiger partial charge in [-0.25, -0.2) is 4.39 Å². The van der Waals surface area contributed by atoms with E-state index in [9.17, 15) is 9.18 Å². The maximum absolute atomic E-state index is 13.7. The van der Waals surface area contributed by atoms with Crippen molar-refractivity contribution in [1.29, 1.82) is 0 Å². The number of likely N-dealkylation sites (N-methyl/N-ethyl adjacent to an activating group) is 1. The SMILES string of the molecule is CNCCNC(=O)C1CC1c1c(F)cccc1Cl.Cl. The molecule has 3 nitrogen and oxygen atoms in total. The first-order valence-corrected chi connectivity index (χ1v) is 6.39. The summed E-state index contributed by atoms with van der Waals surface area (Å²) in [6.45, 7) is 1.31. The van der Waals surface area contributed by atoms with Gasteiger partial charge in [-0.1, -0.05) is 17.7 Å². The standard InChI is InChI=1S/C13H16ClFN2O.ClH/c1-16-5-6-17-13(18)9-7-8(9)12-10(14)3-2-4-11(12)15;/h2-4,8-9,16H,5-7H2,1H3,(H,17,18);1H. The number of nitrogens with one attached hydrogen (secondary N) is 2. The zero-order valence-electron chi connectivity index (χ0n) is 10.6. The number of amides is 1. The Morgan fingerprint density at radius 1 is 1.47 bits per heavy atom. The van der Waals surface area contributed by atoms with E-state index in [1.165, 1.54) is 6.07 Å². The van der Waals surface area contributed by atoms with Gasteiger partial charge in [0.2, 0.25) is 5.91 Å². The molecular weight excluding hydrogens is 290 g/mol. The molecule has 0 spiro atoms. The number of benzene rings is 1. The highest BCUT2D eigenvalue weighted by molar-refractivity contribution is 6.31. The number of hydrogen-bond acceptors (Lipinski definition) is 2. The summed E-state index contributed by atoms with van der Waals surface area (Å²) in [5.74, 6) is -0.558. The van der Waals surface area contributed by atoms with E-state index in [2.05, 4.69) is 10.6 Å². The first-order chi connectivity index (χ1) is 8.65. The Balaban J connectivity index is 0.00000180. The molecule has 0 aromatic heterocycles. The van der Waals surface area contributed by atoms with Gasteiger partial charge in [0.05, 0.1) is 0 Å². The van der Waals surface area contributed by atoms with Gasteiger partial charge in [-0.15, -0.1) is 12.4 Å². The third kappa shape index (κ3) is 3.81. The third-order valence-electron chi connectivity index (χ3n) is 3.17. The second-order valence-corrected chi connectivity index (χ2v) is 4.89. The minimum Gasteiger partial charge on any atom is -0.355 e. The maximum Gasteiger partial charge on any atom is 0.223 e. The van der Waals surface area contributed by atoms with E-state index in [4.69, 9.17) is 11.6 Å². The summed E-state index contributed by atoms with van der Waals surface area (Å²) < 4.78 is 13.7. The van der Waals surface area contributed by atoms with Crippen LogP contribution in [-0.4, -0.2) is 26.0 Å². The van der Waals surface area contributed by atoms with Crippen molar-refractivity contribution < 1.29 is 9.18 Å². The summed E-state index contributed by atoms with van der Waals surface area (Å²) in [6.07, 6.45) is 0.673. The van der Waals surface area contributed by atoms with Crippen molar-refractivity contribution in [3.63, 3.8) is 0 Å². The van der Waals surface area contributed by atoms with Crippen LogP contribution in [0.5, 0.6) is 0 Å². The molecule has 1 aliphatic carbocycles. The molecule has 2 unspecified atom stereocenters. The summed E-state index contributed by atoms with van der Waals surface area (Å²) in [6, 6.07) is 4.62. The highest BCUT2D eigenvalue weighted by atomic mass is 35.5. The van der Waals surface area contributed by atoms with Crippen LogP contribution in [0.4, 0.5) is 4.39 Å². The lowest BCUT2D eigenvalue weighted by atomic mass is 10.1. The van der Waals surface area contributed by atoms with E-state index in [1.54, 1.807) is 12.1 Å². The molecule has 1 aromatic carbocycles. The number of carbonyl (C=O) groups is 1. The lowest BCUT2D eigenvalue weighted by Gasteiger charge is -2.06. The molecule has 1 aliphatic rings. The Hall–Kier alpha value is -0.840. The summed E-state index contributed by atoms with van der Waals surface area (Å²) in [5, 5.41) is 6.17. The largest absolute Gasteiger partial charge is 0.355 e. The molecule has 0 radical (unpaired) electrons. The second-order valence-electron chi connectivity index (χ2n) is 4.48. The average molecular weight is 307 g/mol. The fourth-order valence-electron chi connectivity index (χ4n) is 2.11. The van der Waals surface area contributed by atoms with Crippen molar-refractivity contribution in [3.8, 4) is 0 Å². The van der Waals surface area contributed by atoms with Crippen LogP contribution in [0.15, 0.2) is 18.2 Å². The van der Waals surface area contributed by atoms with Gasteiger partial charge in [-0.2, -0.15) is 0 Å². The third-order valence-corrected chi connectivity index (χ3v) is 3.50. The number of hydrogen-bond donors (Lipinski definition) is 2. The van der Waals surface area contributed by atoms with E-state index >= 15 is 0 Å². The minimum absolute atomic E-state index is 0. The van der Waals surface area contributed by atoms with Crippen LogP contribution in [0.2, 0.25) is 5.02 Å². The zero-order chi connectivity index (χ0) is 13.1. The molecule has 19 heavy (non-hydrogen) atoms. The summed E-state index contributed by atoms with van der Waals surface area (Å²) in [7, 11) is 1.82. The van der Waals surface area contributed by atoms with E-state index in [-0.39, 0.29) is 36.0 Å². The van der Waals surface area contributed by atoms with E-state index < -0.39 is 0 Å². The molecule has 1 fully saturated rings. The van der Waals surface area contributed by atoms with Crippen LogP contribution in [0.1, 0.15) is 17.9 Å². The normalized spacial score (nSPS) is 20.6. The van der Waals surface area contributed by atoms with Gasteiger partial charge < -0.3 is 10.6 Å². The highest BCUT2D eigenvalue weighted by Gasteiger charge is 2.45. The van der Waals surface area contributed by atoms with Crippen molar-refractivity contribution >= 4 is 29.9 Å². The Kier molecular flexibility index (Phi) is 6.04. The smallest absolute Gasteiger partial charge is 0.223 e. The van der Waals surface area contributed by atoms with Crippen LogP contribution in [-0.2, 0) is 4.79 Å². The van der Waals surface area contributed by atoms with E-state index in [0.717, 1.165) is 6.54 Å². The number of carbonyl (C=O) groups excluding carboxylic acids is 1. The quantitative estimate of drug-likeness (QED) is 0.820. The van der Waals surface area contributed by atoms with Crippen LogP contribution in [0.25, 0.3) is 0 Å².